The molecule has 36 heavy (non-hydrogen) atoms. The molecule has 3 aromatic carbocycles. The van der Waals surface area contributed by atoms with Crippen LogP contribution in [-0.2, 0) is 9.59 Å². The molecule has 0 aliphatic carbocycles. The highest BCUT2D eigenvalue weighted by Crippen LogP contribution is 2.28. The predicted octanol–water partition coefficient (Wildman–Crippen LogP) is 4.36. The van der Waals surface area contributed by atoms with Gasteiger partial charge in [0.05, 0.1) is 25.5 Å². The molecule has 9 nitrogen and oxygen atoms in total. The third-order valence-corrected chi connectivity index (χ3v) is 5.30. The van der Waals surface area contributed by atoms with Crippen LogP contribution in [0.2, 0.25) is 5.02 Å². The first kappa shape index (κ1) is 26.2. The van der Waals surface area contributed by atoms with Crippen molar-refractivity contribution in [3.8, 4) is 17.2 Å². The Kier molecular flexibility index (Phi) is 9.01. The van der Waals surface area contributed by atoms with Gasteiger partial charge in [0.15, 0.2) is 11.5 Å². The zero-order chi connectivity index (χ0) is 26.1. The van der Waals surface area contributed by atoms with Crippen LogP contribution in [0.15, 0.2) is 65.8 Å². The van der Waals surface area contributed by atoms with Gasteiger partial charge in [-0.3, -0.25) is 9.59 Å². The van der Waals surface area contributed by atoms with Gasteiger partial charge in [-0.1, -0.05) is 17.7 Å². The van der Waals surface area contributed by atoms with Crippen molar-refractivity contribution in [2.75, 3.05) is 19.0 Å². The van der Waals surface area contributed by atoms with Crippen molar-refractivity contribution in [2.45, 2.75) is 13.8 Å². The highest BCUT2D eigenvalue weighted by atomic mass is 35.5. The molecule has 0 radical (unpaired) electrons. The van der Waals surface area contributed by atoms with Crippen LogP contribution in [0.1, 0.15) is 28.4 Å². The molecule has 2 N–H and O–H groups in total. The fourth-order valence-corrected chi connectivity index (χ4v) is 3.17. The van der Waals surface area contributed by atoms with Crippen molar-refractivity contribution >= 4 is 41.3 Å². The van der Waals surface area contributed by atoms with Crippen LogP contribution >= 0.6 is 11.6 Å². The molecule has 3 aromatic rings. The Morgan fingerprint density at radius 3 is 2.44 bits per heavy atom. The van der Waals surface area contributed by atoms with Gasteiger partial charge in [0, 0.05) is 10.7 Å². The number of esters is 1. The molecule has 2 amide bonds. The molecule has 0 saturated heterocycles. The molecule has 3 rings (SSSR count). The lowest BCUT2D eigenvalue weighted by atomic mass is 10.2. The van der Waals surface area contributed by atoms with Crippen molar-refractivity contribution in [2.24, 2.45) is 5.10 Å². The topological polar surface area (TPSA) is 115 Å². The number of hydrazone groups is 1. The van der Waals surface area contributed by atoms with E-state index in [4.69, 9.17) is 25.8 Å². The van der Waals surface area contributed by atoms with Crippen LogP contribution in [0.5, 0.6) is 17.2 Å². The second-order valence-corrected chi connectivity index (χ2v) is 7.73. The first-order valence-electron chi connectivity index (χ1n) is 10.8. The quantitative estimate of drug-likeness (QED) is 0.153. The second-order valence-electron chi connectivity index (χ2n) is 7.32. The first-order valence-corrected chi connectivity index (χ1v) is 11.2. The number of ether oxygens (including phenoxy) is 3. The van der Waals surface area contributed by atoms with E-state index < -0.39 is 17.8 Å². The summed E-state index contributed by atoms with van der Waals surface area (Å²) in [6, 6.07) is 16.2. The third-order valence-electron chi connectivity index (χ3n) is 4.89. The normalized spacial score (nSPS) is 10.6. The summed E-state index contributed by atoms with van der Waals surface area (Å²) >= 11 is 6.02. The van der Waals surface area contributed by atoms with Gasteiger partial charge in [0.25, 0.3) is 0 Å². The molecule has 0 bridgehead atoms. The second kappa shape index (κ2) is 12.4. The maximum absolute atomic E-state index is 12.5. The average molecular weight is 510 g/mol. The Morgan fingerprint density at radius 2 is 1.75 bits per heavy atom. The number of carbonyl (C=O) groups is 3. The van der Waals surface area contributed by atoms with E-state index in [2.05, 4.69) is 15.8 Å². The van der Waals surface area contributed by atoms with Crippen molar-refractivity contribution in [1.82, 2.24) is 5.43 Å². The molecule has 0 heterocycles. The molecule has 0 fully saturated rings. The van der Waals surface area contributed by atoms with Gasteiger partial charge < -0.3 is 19.5 Å². The van der Waals surface area contributed by atoms with Crippen molar-refractivity contribution < 1.29 is 28.6 Å². The molecular formula is C26H24ClN3O6. The highest BCUT2D eigenvalue weighted by molar-refractivity contribution is 6.40. The fraction of sp³-hybridized carbons (Fsp3) is 0.154. The molecule has 0 atom stereocenters. The number of methoxy groups -OCH3 is 1. The number of anilines is 1. The van der Waals surface area contributed by atoms with Crippen LogP contribution < -0.4 is 25.0 Å². The number of halogens is 1. The maximum atomic E-state index is 12.5. The fourth-order valence-electron chi connectivity index (χ4n) is 3.00. The number of benzene rings is 3. The molecule has 0 unspecified atom stereocenters. The van der Waals surface area contributed by atoms with Crippen molar-refractivity contribution in [3.63, 3.8) is 0 Å². The smallest absolute Gasteiger partial charge is 0.343 e. The van der Waals surface area contributed by atoms with E-state index in [0.29, 0.717) is 39.8 Å². The van der Waals surface area contributed by atoms with Crippen LogP contribution in [0.3, 0.4) is 0 Å². The van der Waals surface area contributed by atoms with Gasteiger partial charge in [0.1, 0.15) is 5.75 Å². The van der Waals surface area contributed by atoms with Crippen molar-refractivity contribution in [1.29, 1.82) is 0 Å². The minimum absolute atomic E-state index is 0.203. The monoisotopic (exact) mass is 509 g/mol. The zero-order valence-electron chi connectivity index (χ0n) is 19.8. The summed E-state index contributed by atoms with van der Waals surface area (Å²) in [5.74, 6) is -1.29. The Balaban J connectivity index is 1.60. The molecule has 186 valence electrons. The van der Waals surface area contributed by atoms with E-state index in [1.165, 1.54) is 19.4 Å². The molecular weight excluding hydrogens is 486 g/mol. The maximum Gasteiger partial charge on any atom is 0.343 e. The van der Waals surface area contributed by atoms with Gasteiger partial charge in [-0.15, -0.1) is 0 Å². The van der Waals surface area contributed by atoms with E-state index in [-0.39, 0.29) is 11.5 Å². The SMILES string of the molecule is CCOc1ccc(C(=O)Oc2ccc(/C=N\NC(=O)C(=O)Nc3cccc(Cl)c3C)cc2OC)cc1. The van der Waals surface area contributed by atoms with Crippen LogP contribution in [0, 0.1) is 6.92 Å². The van der Waals surface area contributed by atoms with E-state index >= 15 is 0 Å². The molecule has 0 saturated carbocycles. The van der Waals surface area contributed by atoms with Crippen molar-refractivity contribution in [3.05, 3.63) is 82.4 Å². The Labute approximate surface area is 213 Å². The van der Waals surface area contributed by atoms with Gasteiger partial charge in [-0.25, -0.2) is 10.2 Å². The Morgan fingerprint density at radius 1 is 1.00 bits per heavy atom. The van der Waals surface area contributed by atoms with E-state index in [1.807, 2.05) is 6.92 Å². The first-order chi connectivity index (χ1) is 17.3. The van der Waals surface area contributed by atoms with Gasteiger partial charge in [0.2, 0.25) is 0 Å². The third kappa shape index (κ3) is 6.83. The number of nitrogens with zero attached hydrogens (tertiary/aromatic N) is 1. The number of nitrogens with one attached hydrogen (secondary N) is 2. The number of carbonyl (C=O) groups excluding carboxylic acids is 3. The summed E-state index contributed by atoms with van der Waals surface area (Å²) in [5.41, 5.74) is 4.09. The predicted molar refractivity (Wildman–Crippen MR) is 136 cm³/mol. The van der Waals surface area contributed by atoms with E-state index in [1.54, 1.807) is 61.5 Å². The lowest BCUT2D eigenvalue weighted by molar-refractivity contribution is -0.136. The van der Waals surface area contributed by atoms with Crippen LogP contribution in [0.25, 0.3) is 0 Å². The zero-order valence-corrected chi connectivity index (χ0v) is 20.6. The minimum Gasteiger partial charge on any atom is -0.494 e. The van der Waals surface area contributed by atoms with Gasteiger partial charge in [-0.05, 0) is 79.6 Å². The number of amides is 2. The lowest BCUT2D eigenvalue weighted by Gasteiger charge is -2.10. The molecule has 0 aromatic heterocycles. The average Bonchev–Trinajstić information content (AvgIpc) is 2.88. The summed E-state index contributed by atoms with van der Waals surface area (Å²) in [4.78, 5) is 36.7. The lowest BCUT2D eigenvalue weighted by Crippen LogP contribution is -2.32. The van der Waals surface area contributed by atoms with Gasteiger partial charge in [-0.2, -0.15) is 5.10 Å². The summed E-state index contributed by atoms with van der Waals surface area (Å²) in [6.45, 7) is 4.12. The Bertz CT molecular complexity index is 1290. The number of rotatable bonds is 8. The van der Waals surface area contributed by atoms with E-state index in [0.717, 1.165) is 0 Å². The molecule has 0 spiro atoms. The number of hydrogen-bond donors (Lipinski definition) is 2. The van der Waals surface area contributed by atoms with E-state index in [9.17, 15) is 14.4 Å². The highest BCUT2D eigenvalue weighted by Gasteiger charge is 2.15. The van der Waals surface area contributed by atoms with Crippen LogP contribution in [-0.4, -0.2) is 37.7 Å². The summed E-state index contributed by atoms with van der Waals surface area (Å²) < 4.78 is 16.1. The Hall–Kier alpha value is -4.37. The molecule has 0 aliphatic rings. The number of hydrogen-bond acceptors (Lipinski definition) is 7. The van der Waals surface area contributed by atoms with Gasteiger partial charge >= 0.3 is 17.8 Å². The minimum atomic E-state index is -0.960. The largest absolute Gasteiger partial charge is 0.494 e. The standard InChI is InChI=1S/C26H24ClN3O6/c1-4-35-19-11-9-18(10-12-19)26(33)36-22-13-8-17(14-23(22)34-3)15-28-30-25(32)24(31)29-21-7-5-6-20(27)16(21)2/h5-15H,4H2,1-3H3,(H,29,31)(H,30,32)/b28-15-. The van der Waals surface area contributed by atoms with Crippen LogP contribution in [0.4, 0.5) is 5.69 Å². The molecule has 10 heteroatoms. The molecule has 0 aliphatic heterocycles. The summed E-state index contributed by atoms with van der Waals surface area (Å²) in [7, 11) is 1.43. The summed E-state index contributed by atoms with van der Waals surface area (Å²) in [5, 5.41) is 6.74. The summed E-state index contributed by atoms with van der Waals surface area (Å²) in [6.07, 6.45) is 1.32.